The van der Waals surface area contributed by atoms with Gasteiger partial charge in [0.1, 0.15) is 5.82 Å². The first-order valence-electron chi connectivity index (χ1n) is 7.13. The second kappa shape index (κ2) is 4.48. The number of fused-ring (bicyclic) bond motifs is 2. The van der Waals surface area contributed by atoms with Crippen LogP contribution in [0.5, 0.6) is 0 Å². The number of aromatic nitrogens is 2. The van der Waals surface area contributed by atoms with Crippen LogP contribution in [0.3, 0.4) is 0 Å². The SMILES string of the molecule is CCc1cc2cc(-c3c[nH]c4cc(F)ccc34)ccc2[nH]1. The minimum Gasteiger partial charge on any atom is -0.360 e. The maximum Gasteiger partial charge on any atom is 0.125 e. The summed E-state index contributed by atoms with van der Waals surface area (Å²) in [4.78, 5) is 6.55. The molecule has 0 aliphatic rings. The number of hydrogen-bond donors (Lipinski definition) is 2. The zero-order chi connectivity index (χ0) is 14.4. The van der Waals surface area contributed by atoms with Crippen LogP contribution >= 0.6 is 0 Å². The van der Waals surface area contributed by atoms with Crippen LogP contribution in [0.4, 0.5) is 4.39 Å². The summed E-state index contributed by atoms with van der Waals surface area (Å²) in [6, 6.07) is 13.4. The van der Waals surface area contributed by atoms with Crippen molar-refractivity contribution < 1.29 is 4.39 Å². The molecule has 4 rings (SSSR count). The van der Waals surface area contributed by atoms with E-state index in [1.165, 1.54) is 23.2 Å². The Balaban J connectivity index is 1.91. The number of hydrogen-bond acceptors (Lipinski definition) is 0. The van der Waals surface area contributed by atoms with Gasteiger partial charge in [-0.2, -0.15) is 0 Å². The van der Waals surface area contributed by atoms with Gasteiger partial charge in [-0.1, -0.05) is 13.0 Å². The maximum absolute atomic E-state index is 13.3. The Morgan fingerprint density at radius 2 is 1.90 bits per heavy atom. The molecular weight excluding hydrogens is 263 g/mol. The van der Waals surface area contributed by atoms with E-state index in [1.807, 2.05) is 12.3 Å². The van der Waals surface area contributed by atoms with Crippen molar-refractivity contribution in [2.75, 3.05) is 0 Å². The summed E-state index contributed by atoms with van der Waals surface area (Å²) in [7, 11) is 0. The summed E-state index contributed by atoms with van der Waals surface area (Å²) in [6.07, 6.45) is 2.94. The molecule has 2 aromatic carbocycles. The predicted molar refractivity (Wildman–Crippen MR) is 84.9 cm³/mol. The largest absolute Gasteiger partial charge is 0.360 e. The van der Waals surface area contributed by atoms with Gasteiger partial charge in [0.15, 0.2) is 0 Å². The van der Waals surface area contributed by atoms with Gasteiger partial charge in [-0.05, 0) is 48.4 Å². The lowest BCUT2D eigenvalue weighted by Crippen LogP contribution is -1.77. The van der Waals surface area contributed by atoms with E-state index in [4.69, 9.17) is 0 Å². The molecule has 2 N–H and O–H groups in total. The van der Waals surface area contributed by atoms with Gasteiger partial charge in [0, 0.05) is 39.3 Å². The first kappa shape index (κ1) is 12.2. The number of aromatic amines is 2. The van der Waals surface area contributed by atoms with Crippen molar-refractivity contribution in [1.82, 2.24) is 9.97 Å². The molecule has 0 aliphatic carbocycles. The standard InChI is InChI=1S/C18H15FN2/c1-2-14-8-12-7-11(3-6-17(12)21-14)16-10-20-18-9-13(19)4-5-15(16)18/h3-10,20-21H,2H2,1H3. The second-order valence-electron chi connectivity index (χ2n) is 5.34. The lowest BCUT2D eigenvalue weighted by molar-refractivity contribution is 0.629. The number of rotatable bonds is 2. The number of halogens is 1. The highest BCUT2D eigenvalue weighted by atomic mass is 19.1. The van der Waals surface area contributed by atoms with Crippen molar-refractivity contribution >= 4 is 21.8 Å². The Morgan fingerprint density at radius 1 is 1.00 bits per heavy atom. The summed E-state index contributed by atoms with van der Waals surface area (Å²) in [6.45, 7) is 2.14. The van der Waals surface area contributed by atoms with E-state index in [1.54, 1.807) is 0 Å². The Kier molecular flexibility index (Phi) is 2.61. The molecule has 4 aromatic rings. The zero-order valence-corrected chi connectivity index (χ0v) is 11.7. The van der Waals surface area contributed by atoms with Crippen molar-refractivity contribution in [3.05, 3.63) is 60.2 Å². The molecule has 0 spiro atoms. The molecule has 2 aromatic heterocycles. The van der Waals surface area contributed by atoms with Crippen molar-refractivity contribution in [1.29, 1.82) is 0 Å². The molecule has 2 nitrogen and oxygen atoms in total. The average Bonchev–Trinajstić information content (AvgIpc) is 3.08. The lowest BCUT2D eigenvalue weighted by atomic mass is 10.0. The number of H-pyrrole nitrogens is 2. The Hall–Kier alpha value is -2.55. The second-order valence-corrected chi connectivity index (χ2v) is 5.34. The van der Waals surface area contributed by atoms with Crippen LogP contribution in [-0.2, 0) is 6.42 Å². The van der Waals surface area contributed by atoms with E-state index in [0.717, 1.165) is 34.0 Å². The van der Waals surface area contributed by atoms with Crippen LogP contribution in [0, 0.1) is 5.82 Å². The van der Waals surface area contributed by atoms with Crippen molar-refractivity contribution in [3.8, 4) is 11.1 Å². The maximum atomic E-state index is 13.3. The third-order valence-electron chi connectivity index (χ3n) is 4.01. The minimum atomic E-state index is -0.218. The molecular formula is C18H15FN2. The monoisotopic (exact) mass is 278 g/mol. The van der Waals surface area contributed by atoms with Crippen LogP contribution < -0.4 is 0 Å². The molecule has 0 saturated carbocycles. The summed E-state index contributed by atoms with van der Waals surface area (Å²) in [5.74, 6) is -0.218. The third-order valence-corrected chi connectivity index (χ3v) is 4.01. The predicted octanol–water partition coefficient (Wildman–Crippen LogP) is 5.02. The van der Waals surface area contributed by atoms with Gasteiger partial charge in [0.2, 0.25) is 0 Å². The number of benzene rings is 2. The number of aryl methyl sites for hydroxylation is 1. The van der Waals surface area contributed by atoms with Crippen molar-refractivity contribution in [2.45, 2.75) is 13.3 Å². The molecule has 104 valence electrons. The summed E-state index contributed by atoms with van der Waals surface area (Å²) < 4.78 is 13.3. The number of nitrogens with one attached hydrogen (secondary N) is 2. The fourth-order valence-corrected chi connectivity index (χ4v) is 2.89. The average molecular weight is 278 g/mol. The van der Waals surface area contributed by atoms with Crippen LogP contribution in [0.2, 0.25) is 0 Å². The summed E-state index contributed by atoms with van der Waals surface area (Å²) in [5, 5.41) is 2.25. The van der Waals surface area contributed by atoms with Gasteiger partial charge < -0.3 is 9.97 Å². The molecule has 2 heterocycles. The van der Waals surface area contributed by atoms with Gasteiger partial charge in [-0.25, -0.2) is 4.39 Å². The highest BCUT2D eigenvalue weighted by Gasteiger charge is 2.08. The zero-order valence-electron chi connectivity index (χ0n) is 11.7. The van der Waals surface area contributed by atoms with Crippen molar-refractivity contribution in [3.63, 3.8) is 0 Å². The molecule has 0 atom stereocenters. The van der Waals surface area contributed by atoms with E-state index in [-0.39, 0.29) is 5.82 Å². The van der Waals surface area contributed by atoms with Gasteiger partial charge in [-0.3, -0.25) is 0 Å². The Bertz CT molecular complexity index is 946. The molecule has 0 radical (unpaired) electrons. The smallest absolute Gasteiger partial charge is 0.125 e. The fraction of sp³-hybridized carbons (Fsp3) is 0.111. The van der Waals surface area contributed by atoms with Crippen LogP contribution in [0.15, 0.2) is 48.7 Å². The summed E-state index contributed by atoms with van der Waals surface area (Å²) >= 11 is 0. The molecule has 0 unspecified atom stereocenters. The van der Waals surface area contributed by atoms with Crippen LogP contribution in [-0.4, -0.2) is 9.97 Å². The third kappa shape index (κ3) is 1.93. The van der Waals surface area contributed by atoms with Crippen LogP contribution in [0.1, 0.15) is 12.6 Å². The van der Waals surface area contributed by atoms with E-state index < -0.39 is 0 Å². The van der Waals surface area contributed by atoms with E-state index in [9.17, 15) is 4.39 Å². The van der Waals surface area contributed by atoms with Crippen LogP contribution in [0.25, 0.3) is 32.9 Å². The van der Waals surface area contributed by atoms with Gasteiger partial charge in [0.05, 0.1) is 0 Å². The van der Waals surface area contributed by atoms with Gasteiger partial charge >= 0.3 is 0 Å². The highest BCUT2D eigenvalue weighted by Crippen LogP contribution is 2.31. The summed E-state index contributed by atoms with van der Waals surface area (Å²) in [5.41, 5.74) is 5.46. The molecule has 0 bridgehead atoms. The Morgan fingerprint density at radius 3 is 2.76 bits per heavy atom. The van der Waals surface area contributed by atoms with Gasteiger partial charge in [-0.15, -0.1) is 0 Å². The minimum absolute atomic E-state index is 0.218. The quantitative estimate of drug-likeness (QED) is 0.516. The fourth-order valence-electron chi connectivity index (χ4n) is 2.89. The Labute approximate surface area is 121 Å². The van der Waals surface area contributed by atoms with E-state index >= 15 is 0 Å². The first-order chi connectivity index (χ1) is 10.2. The topological polar surface area (TPSA) is 31.6 Å². The first-order valence-corrected chi connectivity index (χ1v) is 7.13. The molecule has 0 saturated heterocycles. The van der Waals surface area contributed by atoms with Crippen molar-refractivity contribution in [2.24, 2.45) is 0 Å². The molecule has 0 amide bonds. The highest BCUT2D eigenvalue weighted by molar-refractivity contribution is 5.97. The van der Waals surface area contributed by atoms with E-state index in [0.29, 0.717) is 0 Å². The molecule has 0 fully saturated rings. The normalized spacial score (nSPS) is 11.5. The lowest BCUT2D eigenvalue weighted by Gasteiger charge is -2.00. The molecule has 0 aliphatic heterocycles. The van der Waals surface area contributed by atoms with E-state index in [2.05, 4.69) is 41.2 Å². The molecule has 3 heteroatoms. The molecule has 21 heavy (non-hydrogen) atoms. The van der Waals surface area contributed by atoms with Gasteiger partial charge in [0.25, 0.3) is 0 Å².